The first-order valence-electron chi connectivity index (χ1n) is 10.3. The number of aromatic nitrogens is 1. The molecule has 4 nitrogen and oxygen atoms in total. The van der Waals surface area contributed by atoms with E-state index in [1.807, 2.05) is 6.92 Å². The van der Waals surface area contributed by atoms with Crippen molar-refractivity contribution in [1.82, 2.24) is 0 Å². The number of pyridine rings is 1. The van der Waals surface area contributed by atoms with Crippen LogP contribution in [0.2, 0.25) is 16.6 Å². The molecule has 0 aliphatic carbocycles. The zero-order chi connectivity index (χ0) is 22.4. The van der Waals surface area contributed by atoms with E-state index in [0.717, 1.165) is 22.2 Å². The van der Waals surface area contributed by atoms with Gasteiger partial charge in [-0.3, -0.25) is 0 Å². The smallest absolute Gasteiger partial charge is 0.168 e. The second-order valence-corrected chi connectivity index (χ2v) is 16.3. The summed E-state index contributed by atoms with van der Waals surface area (Å²) in [5.41, 5.74) is 4.97. The minimum absolute atomic E-state index is 0.178. The Labute approximate surface area is 178 Å². The van der Waals surface area contributed by atoms with Gasteiger partial charge < -0.3 is 4.55 Å². The highest BCUT2D eigenvalue weighted by Crippen LogP contribution is 2.43. The third kappa shape index (κ3) is 7.05. The molecule has 2 aromatic rings. The molecule has 1 aromatic heterocycles. The molecule has 1 aromatic carbocycles. The van der Waals surface area contributed by atoms with Crippen LogP contribution in [0, 0.1) is 6.92 Å². The lowest BCUT2D eigenvalue weighted by Crippen LogP contribution is -2.47. The molecule has 0 amide bonds. The van der Waals surface area contributed by atoms with E-state index in [2.05, 4.69) is 77.7 Å². The third-order valence-electron chi connectivity index (χ3n) is 6.09. The van der Waals surface area contributed by atoms with Crippen LogP contribution in [-0.2, 0) is 23.2 Å². The number of nitrogens with zero attached hydrogens (tertiary/aromatic N) is 1. The highest BCUT2D eigenvalue weighted by atomic mass is 32.2. The van der Waals surface area contributed by atoms with Gasteiger partial charge in [0, 0.05) is 12.1 Å². The number of hydrogen-bond donors (Lipinski definition) is 0. The van der Waals surface area contributed by atoms with Crippen molar-refractivity contribution in [2.45, 2.75) is 76.0 Å². The van der Waals surface area contributed by atoms with E-state index >= 15 is 0 Å². The summed E-state index contributed by atoms with van der Waals surface area (Å²) in [5.74, 6) is 0. The van der Waals surface area contributed by atoms with Gasteiger partial charge in [-0.1, -0.05) is 75.9 Å². The molecule has 0 saturated carbocycles. The second kappa shape index (κ2) is 10.5. The molecule has 0 aliphatic heterocycles. The number of hydrogen-bond acceptors (Lipinski definition) is 3. The minimum Gasteiger partial charge on any atom is -0.744 e. The van der Waals surface area contributed by atoms with Gasteiger partial charge in [0.15, 0.2) is 12.4 Å². The Morgan fingerprint density at radius 3 is 1.62 bits per heavy atom. The first-order chi connectivity index (χ1) is 13.3. The van der Waals surface area contributed by atoms with Gasteiger partial charge in [0.05, 0.1) is 13.0 Å². The van der Waals surface area contributed by atoms with Crippen LogP contribution < -0.4 is 4.57 Å². The molecule has 0 spiro atoms. The fourth-order valence-electron chi connectivity index (χ4n) is 4.32. The topological polar surface area (TPSA) is 61.1 Å². The van der Waals surface area contributed by atoms with E-state index in [4.69, 9.17) is 0 Å². The molecule has 0 saturated heterocycles. The Morgan fingerprint density at radius 2 is 1.28 bits per heavy atom. The molecule has 0 bridgehead atoms. The zero-order valence-electron chi connectivity index (χ0n) is 19.1. The summed E-state index contributed by atoms with van der Waals surface area (Å²) >= 11 is 0. The molecule has 6 heteroatoms. The van der Waals surface area contributed by atoms with Crippen LogP contribution >= 0.6 is 0 Å². The van der Waals surface area contributed by atoms with Gasteiger partial charge in [0.25, 0.3) is 0 Å². The maximum atomic E-state index is 10.4. The van der Waals surface area contributed by atoms with Crippen molar-refractivity contribution in [3.8, 4) is 0 Å². The van der Waals surface area contributed by atoms with Gasteiger partial charge in [0.1, 0.15) is 17.2 Å². The summed E-state index contributed by atoms with van der Waals surface area (Å²) < 4.78 is 33.3. The van der Waals surface area contributed by atoms with E-state index < -0.39 is 18.2 Å². The monoisotopic (exact) mass is 435 g/mol. The van der Waals surface area contributed by atoms with E-state index in [0.29, 0.717) is 0 Å². The Hall–Kier alpha value is -1.50. The Morgan fingerprint density at radius 1 is 0.862 bits per heavy atom. The van der Waals surface area contributed by atoms with Crippen molar-refractivity contribution >= 4 is 18.2 Å². The summed E-state index contributed by atoms with van der Waals surface area (Å²) in [6.07, 6.45) is 4.35. The fraction of sp³-hybridized carbons (Fsp3) is 0.522. The van der Waals surface area contributed by atoms with Gasteiger partial charge in [-0.15, -0.1) is 0 Å². The lowest BCUT2D eigenvalue weighted by molar-refractivity contribution is -0.671. The van der Waals surface area contributed by atoms with Gasteiger partial charge in [0.2, 0.25) is 0 Å². The van der Waals surface area contributed by atoms with Crippen LogP contribution in [0.25, 0.3) is 0 Å². The molecule has 0 unspecified atom stereocenters. The van der Waals surface area contributed by atoms with E-state index in [-0.39, 0.29) is 4.90 Å². The zero-order valence-corrected chi connectivity index (χ0v) is 21.0. The highest BCUT2D eigenvalue weighted by molar-refractivity contribution is 7.85. The molecule has 162 valence electrons. The van der Waals surface area contributed by atoms with Gasteiger partial charge in [-0.05, 0) is 30.7 Å². The predicted octanol–water partition coefficient (Wildman–Crippen LogP) is 5.17. The highest BCUT2D eigenvalue weighted by Gasteiger charge is 2.42. The molecule has 1 heterocycles. The lowest BCUT2D eigenvalue weighted by atomic mass is 10.2. The van der Waals surface area contributed by atoms with Crippen molar-refractivity contribution < 1.29 is 17.5 Å². The van der Waals surface area contributed by atoms with Crippen LogP contribution in [-0.4, -0.2) is 21.0 Å². The van der Waals surface area contributed by atoms with E-state index in [9.17, 15) is 13.0 Å². The van der Waals surface area contributed by atoms with Crippen LogP contribution in [0.3, 0.4) is 0 Å². The minimum atomic E-state index is -4.27. The molecule has 0 atom stereocenters. The molecule has 0 aliphatic rings. The molecule has 29 heavy (non-hydrogen) atoms. The van der Waals surface area contributed by atoms with Crippen LogP contribution in [0.1, 0.15) is 52.7 Å². The van der Waals surface area contributed by atoms with Crippen molar-refractivity contribution in [2.24, 2.45) is 7.05 Å². The van der Waals surface area contributed by atoms with E-state index in [1.54, 1.807) is 12.1 Å². The third-order valence-corrected chi connectivity index (χ3v) is 14.4. The molecule has 2 rings (SSSR count). The van der Waals surface area contributed by atoms with Crippen molar-refractivity contribution in [3.05, 3.63) is 59.9 Å². The standard InChI is InChI=1S/C16H30NSi.C7H8O3S/c1-13(2)18(14(3)4,15(5)6)12-16-8-10-17(7)11-9-16;1-6-2-4-7(5-3-6)11(8,9)10/h8-11,13-15H,12H2,1-7H3;2-5H,1H3,(H,8,9,10)/q+1;/p-1. The van der Waals surface area contributed by atoms with E-state index in [1.165, 1.54) is 23.7 Å². The first-order valence-corrected chi connectivity index (χ1v) is 14.1. The SMILES string of the molecule is CC(C)[Si](Cc1cc[n+](C)cc1)(C(C)C)C(C)C.Cc1ccc(S(=O)(=O)[O-])cc1. The summed E-state index contributed by atoms with van der Waals surface area (Å²) in [6.45, 7) is 16.5. The summed E-state index contributed by atoms with van der Waals surface area (Å²) in [5, 5.41) is 0. The Balaban J connectivity index is 0.000000326. The summed E-state index contributed by atoms with van der Waals surface area (Å²) in [4.78, 5) is -0.178. The predicted molar refractivity (Wildman–Crippen MR) is 122 cm³/mol. The average molecular weight is 436 g/mol. The molecule has 0 fully saturated rings. The van der Waals surface area contributed by atoms with Crippen molar-refractivity contribution in [2.75, 3.05) is 0 Å². The van der Waals surface area contributed by atoms with Gasteiger partial charge >= 0.3 is 0 Å². The molecule has 0 N–H and O–H groups in total. The number of rotatable bonds is 6. The average Bonchev–Trinajstić information content (AvgIpc) is 2.60. The first kappa shape index (κ1) is 25.5. The Kier molecular flexibility index (Phi) is 9.25. The Bertz CT molecular complexity index is 836. The van der Waals surface area contributed by atoms with Crippen molar-refractivity contribution in [1.29, 1.82) is 0 Å². The maximum absolute atomic E-state index is 10.4. The quantitative estimate of drug-likeness (QED) is 0.357. The number of benzene rings is 1. The van der Waals surface area contributed by atoms with Crippen molar-refractivity contribution in [3.63, 3.8) is 0 Å². The van der Waals surface area contributed by atoms with Crippen LogP contribution in [0.4, 0.5) is 0 Å². The van der Waals surface area contributed by atoms with Crippen LogP contribution in [0.15, 0.2) is 53.7 Å². The largest absolute Gasteiger partial charge is 0.744 e. The summed E-state index contributed by atoms with van der Waals surface area (Å²) in [6, 6.07) is 11.7. The second-order valence-electron chi connectivity index (χ2n) is 8.89. The van der Waals surface area contributed by atoms with Gasteiger partial charge in [-0.25, -0.2) is 13.0 Å². The number of aryl methyl sites for hydroxylation is 2. The fourth-order valence-corrected chi connectivity index (χ4v) is 11.0. The molecule has 0 radical (unpaired) electrons. The van der Waals surface area contributed by atoms with Crippen LogP contribution in [0.5, 0.6) is 0 Å². The normalized spacial score (nSPS) is 12.3. The van der Waals surface area contributed by atoms with Gasteiger partial charge in [-0.2, -0.15) is 0 Å². The molecular weight excluding hydrogens is 398 g/mol. The molecular formula is C23H37NO3SSi. The maximum Gasteiger partial charge on any atom is 0.168 e. The lowest BCUT2D eigenvalue weighted by Gasteiger charge is -2.43. The summed E-state index contributed by atoms with van der Waals surface area (Å²) in [7, 11) is -3.48.